The van der Waals surface area contributed by atoms with E-state index in [9.17, 15) is 8.78 Å². The van der Waals surface area contributed by atoms with E-state index in [0.29, 0.717) is 24.5 Å². The number of aromatic nitrogens is 4. The van der Waals surface area contributed by atoms with Crippen LogP contribution in [0.15, 0.2) is 18.3 Å². The maximum absolute atomic E-state index is 13.9. The summed E-state index contributed by atoms with van der Waals surface area (Å²) in [5, 5.41) is 7.40. The van der Waals surface area contributed by atoms with Crippen LogP contribution in [0.25, 0.3) is 22.3 Å². The molecule has 0 radical (unpaired) electrons. The van der Waals surface area contributed by atoms with Gasteiger partial charge in [-0.05, 0) is 31.9 Å². The summed E-state index contributed by atoms with van der Waals surface area (Å²) >= 11 is 12.2. The number of hydrogen-bond acceptors (Lipinski definition) is 5. The molecule has 0 spiro atoms. The van der Waals surface area contributed by atoms with Gasteiger partial charge in [-0.15, -0.1) is 0 Å². The highest BCUT2D eigenvalue weighted by atomic mass is 35.5. The number of aromatic amines is 1. The van der Waals surface area contributed by atoms with Crippen LogP contribution in [0.3, 0.4) is 0 Å². The van der Waals surface area contributed by atoms with Gasteiger partial charge in [-0.3, -0.25) is 5.10 Å². The Kier molecular flexibility index (Phi) is 4.89. The number of halogens is 4. The maximum Gasteiger partial charge on any atom is 0.264 e. The molecule has 28 heavy (non-hydrogen) atoms. The van der Waals surface area contributed by atoms with Crippen molar-refractivity contribution in [1.82, 2.24) is 20.2 Å². The van der Waals surface area contributed by atoms with Crippen LogP contribution >= 0.6 is 23.2 Å². The summed E-state index contributed by atoms with van der Waals surface area (Å²) in [6, 6.07) is 3.00. The molecule has 0 saturated carbocycles. The topological polar surface area (TPSA) is 83.7 Å². The Bertz CT molecular complexity index is 1030. The first-order valence-corrected chi connectivity index (χ1v) is 9.54. The van der Waals surface area contributed by atoms with Crippen LogP contribution in [0.2, 0.25) is 10.2 Å². The molecule has 4 heterocycles. The Labute approximate surface area is 170 Å². The number of hydrogen-bond donors (Lipinski definition) is 2. The van der Waals surface area contributed by atoms with Crippen LogP contribution in [0, 0.1) is 0 Å². The zero-order valence-corrected chi connectivity index (χ0v) is 16.5. The molecule has 1 saturated heterocycles. The number of nitrogens with zero attached hydrogens (tertiary/aromatic N) is 4. The largest absolute Gasteiger partial charge is 0.356 e. The van der Waals surface area contributed by atoms with Crippen LogP contribution in [0.5, 0.6) is 0 Å². The third kappa shape index (κ3) is 3.40. The average Bonchev–Trinajstić information content (AvgIpc) is 3.07. The standard InChI is InChI=1S/C18H18Cl2F2N6/c1-18(23)3-6-28(7-4-18)11-8-10(16(21)22)12-14(26-27-17(12)25-11)9-2-5-24-15(20)13(9)19/h2,5,8,16H,3-4,6-7,23H2,1H3,(H,25,26,27). The van der Waals surface area contributed by atoms with Crippen molar-refractivity contribution >= 4 is 40.1 Å². The van der Waals surface area contributed by atoms with Crippen molar-refractivity contribution in [2.75, 3.05) is 18.0 Å². The predicted molar refractivity (Wildman–Crippen MR) is 106 cm³/mol. The predicted octanol–water partition coefficient (Wildman–Crippen LogP) is 4.58. The molecule has 1 aliphatic rings. The van der Waals surface area contributed by atoms with E-state index in [4.69, 9.17) is 28.9 Å². The van der Waals surface area contributed by atoms with Crippen LogP contribution in [-0.2, 0) is 0 Å². The van der Waals surface area contributed by atoms with E-state index >= 15 is 0 Å². The second-order valence-electron chi connectivity index (χ2n) is 7.27. The fraction of sp³-hybridized carbons (Fsp3) is 0.389. The van der Waals surface area contributed by atoms with E-state index in [1.807, 2.05) is 11.8 Å². The first-order valence-electron chi connectivity index (χ1n) is 8.78. The lowest BCUT2D eigenvalue weighted by molar-refractivity contribution is 0.153. The quantitative estimate of drug-likeness (QED) is 0.598. The van der Waals surface area contributed by atoms with E-state index < -0.39 is 6.43 Å². The summed E-state index contributed by atoms with van der Waals surface area (Å²) in [5.41, 5.74) is 6.72. The van der Waals surface area contributed by atoms with Gasteiger partial charge in [-0.2, -0.15) is 5.10 Å². The molecule has 1 fully saturated rings. The molecule has 0 bridgehead atoms. The number of piperidine rings is 1. The van der Waals surface area contributed by atoms with E-state index in [-0.39, 0.29) is 38.0 Å². The zero-order valence-electron chi connectivity index (χ0n) is 15.0. The number of alkyl halides is 2. The van der Waals surface area contributed by atoms with Gasteiger partial charge in [0.1, 0.15) is 16.7 Å². The number of nitrogens with two attached hydrogens (primary N) is 1. The fourth-order valence-electron chi connectivity index (χ4n) is 3.42. The minimum absolute atomic E-state index is 0.0802. The summed E-state index contributed by atoms with van der Waals surface area (Å²) in [6.07, 6.45) is 0.263. The normalized spacial score (nSPS) is 16.9. The van der Waals surface area contributed by atoms with Gasteiger partial charge < -0.3 is 10.6 Å². The highest BCUT2D eigenvalue weighted by molar-refractivity contribution is 6.43. The molecule has 0 unspecified atom stereocenters. The minimum atomic E-state index is -2.71. The highest BCUT2D eigenvalue weighted by Crippen LogP contribution is 2.39. The molecule has 3 aromatic rings. The third-order valence-corrected chi connectivity index (χ3v) is 5.88. The lowest BCUT2D eigenvalue weighted by atomic mass is 9.91. The molecule has 3 N–H and O–H groups in total. The molecular weight excluding hydrogens is 409 g/mol. The van der Waals surface area contributed by atoms with Gasteiger partial charge in [0, 0.05) is 36.0 Å². The van der Waals surface area contributed by atoms with Crippen molar-refractivity contribution in [1.29, 1.82) is 0 Å². The Balaban J connectivity index is 1.83. The maximum atomic E-state index is 13.9. The van der Waals surface area contributed by atoms with Gasteiger partial charge in [-0.25, -0.2) is 18.7 Å². The van der Waals surface area contributed by atoms with Gasteiger partial charge >= 0.3 is 0 Å². The molecule has 3 aromatic heterocycles. The number of rotatable bonds is 3. The number of fused-ring (bicyclic) bond motifs is 1. The molecule has 10 heteroatoms. The Morgan fingerprint density at radius 2 is 2.00 bits per heavy atom. The molecule has 148 valence electrons. The van der Waals surface area contributed by atoms with Crippen molar-refractivity contribution in [2.45, 2.75) is 31.7 Å². The first kappa shape index (κ1) is 19.3. The fourth-order valence-corrected chi connectivity index (χ4v) is 3.78. The van der Waals surface area contributed by atoms with Crippen LogP contribution in [0.4, 0.5) is 14.6 Å². The molecule has 6 nitrogen and oxygen atoms in total. The Hall–Kier alpha value is -2.03. The van der Waals surface area contributed by atoms with Crippen molar-refractivity contribution in [3.8, 4) is 11.3 Å². The van der Waals surface area contributed by atoms with Gasteiger partial charge in [-0.1, -0.05) is 23.2 Å². The van der Waals surface area contributed by atoms with Crippen molar-refractivity contribution in [2.24, 2.45) is 5.73 Å². The van der Waals surface area contributed by atoms with E-state index in [1.54, 1.807) is 6.07 Å². The molecule has 0 atom stereocenters. The highest BCUT2D eigenvalue weighted by Gasteiger charge is 2.29. The molecule has 0 amide bonds. The average molecular weight is 427 g/mol. The monoisotopic (exact) mass is 426 g/mol. The van der Waals surface area contributed by atoms with E-state index in [2.05, 4.69) is 20.2 Å². The van der Waals surface area contributed by atoms with E-state index in [0.717, 1.165) is 12.8 Å². The summed E-state index contributed by atoms with van der Waals surface area (Å²) in [5.74, 6) is 0.479. The van der Waals surface area contributed by atoms with Crippen LogP contribution in [0.1, 0.15) is 31.8 Å². The third-order valence-electron chi connectivity index (χ3n) is 5.11. The minimum Gasteiger partial charge on any atom is -0.356 e. The summed E-state index contributed by atoms with van der Waals surface area (Å²) in [7, 11) is 0. The van der Waals surface area contributed by atoms with Gasteiger partial charge in [0.05, 0.1) is 10.4 Å². The summed E-state index contributed by atoms with van der Waals surface area (Å²) in [4.78, 5) is 10.4. The van der Waals surface area contributed by atoms with Crippen molar-refractivity contribution in [3.63, 3.8) is 0 Å². The Morgan fingerprint density at radius 1 is 1.29 bits per heavy atom. The van der Waals surface area contributed by atoms with Crippen molar-refractivity contribution < 1.29 is 8.78 Å². The van der Waals surface area contributed by atoms with Gasteiger partial charge in [0.15, 0.2) is 5.65 Å². The number of pyridine rings is 2. The summed E-state index contributed by atoms with van der Waals surface area (Å²) < 4.78 is 27.9. The number of anilines is 1. The Morgan fingerprint density at radius 3 is 2.68 bits per heavy atom. The molecule has 4 rings (SSSR count). The molecular formula is C18H18Cl2F2N6. The number of nitrogens with one attached hydrogen (secondary N) is 1. The van der Waals surface area contributed by atoms with E-state index in [1.165, 1.54) is 12.3 Å². The van der Waals surface area contributed by atoms with Gasteiger partial charge in [0.25, 0.3) is 6.43 Å². The first-order chi connectivity index (χ1) is 13.3. The smallest absolute Gasteiger partial charge is 0.264 e. The van der Waals surface area contributed by atoms with Crippen LogP contribution < -0.4 is 10.6 Å². The second-order valence-corrected chi connectivity index (χ2v) is 8.01. The van der Waals surface area contributed by atoms with Crippen molar-refractivity contribution in [3.05, 3.63) is 34.1 Å². The molecule has 0 aliphatic carbocycles. The molecule has 0 aromatic carbocycles. The van der Waals surface area contributed by atoms with Crippen LogP contribution in [-0.4, -0.2) is 38.8 Å². The molecule has 1 aliphatic heterocycles. The lowest BCUT2D eigenvalue weighted by Crippen LogP contribution is -2.48. The lowest BCUT2D eigenvalue weighted by Gasteiger charge is -2.37. The number of H-pyrrole nitrogens is 1. The SMILES string of the molecule is CC1(N)CCN(c2cc(C(F)F)c3c(-c4ccnc(Cl)c4Cl)n[nH]c3n2)CC1. The van der Waals surface area contributed by atoms with Gasteiger partial charge in [0.2, 0.25) is 0 Å². The summed E-state index contributed by atoms with van der Waals surface area (Å²) in [6.45, 7) is 3.30. The second kappa shape index (κ2) is 7.09. The zero-order chi connectivity index (χ0) is 20.1.